The molecule has 0 bridgehead atoms. The molecule has 42 heavy (non-hydrogen) atoms. The van der Waals surface area contributed by atoms with E-state index in [0.29, 0.717) is 22.3 Å². The minimum absolute atomic E-state index is 0.0163. The van der Waals surface area contributed by atoms with Gasteiger partial charge in [0.15, 0.2) is 23.3 Å². The molecule has 0 radical (unpaired) electrons. The van der Waals surface area contributed by atoms with Crippen molar-refractivity contribution in [2.24, 2.45) is 5.10 Å². The van der Waals surface area contributed by atoms with Crippen molar-refractivity contribution >= 4 is 40.1 Å². The van der Waals surface area contributed by atoms with E-state index in [4.69, 9.17) is 9.47 Å². The summed E-state index contributed by atoms with van der Waals surface area (Å²) < 4.78 is 81.4. The van der Waals surface area contributed by atoms with Gasteiger partial charge in [-0.3, -0.25) is 4.79 Å². The maximum Gasteiger partial charge on any atom is 0.338 e. The zero-order chi connectivity index (χ0) is 30.1. The van der Waals surface area contributed by atoms with Crippen LogP contribution in [0.5, 0.6) is 5.75 Å². The first kappa shape index (κ1) is 28.5. The topological polar surface area (TPSA) is 68.2 Å². The van der Waals surface area contributed by atoms with Crippen LogP contribution in [0.2, 0.25) is 0 Å². The van der Waals surface area contributed by atoms with Crippen LogP contribution in [0.25, 0.3) is 16.8 Å². The molecule has 1 heterocycles. The summed E-state index contributed by atoms with van der Waals surface area (Å²) in [6.45, 7) is 3.40. The lowest BCUT2D eigenvalue weighted by Gasteiger charge is -2.15. The molecule has 11 heteroatoms. The fourth-order valence-corrected chi connectivity index (χ4v) is 4.42. The van der Waals surface area contributed by atoms with Crippen molar-refractivity contribution in [3.05, 3.63) is 112 Å². The van der Waals surface area contributed by atoms with E-state index in [0.717, 1.165) is 10.9 Å². The molecule has 1 amide bonds. The third-order valence-corrected chi connectivity index (χ3v) is 6.54. The Bertz CT molecular complexity index is 1770. The van der Waals surface area contributed by atoms with Crippen molar-refractivity contribution in [2.45, 2.75) is 20.5 Å². The first-order valence-electron chi connectivity index (χ1n) is 12.7. The molecule has 0 spiro atoms. The molecule has 0 atom stereocenters. The lowest BCUT2D eigenvalue weighted by atomic mass is 9.99. The molecule has 0 saturated heterocycles. The van der Waals surface area contributed by atoms with Gasteiger partial charge in [-0.2, -0.15) is 10.1 Å². The lowest BCUT2D eigenvalue weighted by molar-refractivity contribution is -0.114. The van der Waals surface area contributed by atoms with Gasteiger partial charge in [0, 0.05) is 5.56 Å². The van der Waals surface area contributed by atoms with Crippen molar-refractivity contribution in [1.29, 1.82) is 0 Å². The number of nitrogens with zero attached hydrogens (tertiary/aromatic N) is 2. The Morgan fingerprint density at radius 2 is 1.52 bits per heavy atom. The molecule has 4 aromatic carbocycles. The van der Waals surface area contributed by atoms with Crippen LogP contribution in [0.15, 0.2) is 71.3 Å². The number of anilines is 1. The summed E-state index contributed by atoms with van der Waals surface area (Å²) in [7, 11) is 0. The first-order chi connectivity index (χ1) is 20.1. The van der Waals surface area contributed by atoms with Gasteiger partial charge >= 0.3 is 5.97 Å². The number of hydrogen-bond acceptors (Lipinski definition) is 5. The number of fused-ring (bicyclic) bond motifs is 1. The molecule has 0 N–H and O–H groups in total. The fraction of sp³-hybridized carbons (Fsp3) is 0.129. The molecule has 0 aliphatic carbocycles. The Morgan fingerprint density at radius 3 is 2.19 bits per heavy atom. The molecule has 1 aliphatic rings. The summed E-state index contributed by atoms with van der Waals surface area (Å²) in [5.41, 5.74) is -0.101. The summed E-state index contributed by atoms with van der Waals surface area (Å²) in [4.78, 5) is 25.2. The van der Waals surface area contributed by atoms with E-state index in [9.17, 15) is 31.5 Å². The van der Waals surface area contributed by atoms with Gasteiger partial charge in [0.05, 0.1) is 23.5 Å². The van der Waals surface area contributed by atoms with Crippen molar-refractivity contribution in [2.75, 3.05) is 11.6 Å². The van der Waals surface area contributed by atoms with Gasteiger partial charge in [-0.15, -0.1) is 0 Å². The van der Waals surface area contributed by atoms with Gasteiger partial charge in [-0.1, -0.05) is 42.5 Å². The number of amides is 1. The van der Waals surface area contributed by atoms with Crippen LogP contribution in [0.3, 0.4) is 0 Å². The smallest absolute Gasteiger partial charge is 0.338 e. The van der Waals surface area contributed by atoms with Crippen molar-refractivity contribution in [3.8, 4) is 5.75 Å². The highest BCUT2D eigenvalue weighted by atomic mass is 19.2. The standard InChI is InChI=1S/C31H21F5N2O4/c1-3-41-31(40)19-10-8-17(9-11-19)15-42-23-13-12-18-6-4-5-7-20(18)22(23)14-21-16(2)37-38(30(21)39)29-27(35)25(33)24(32)26(34)28(29)36/h4-14H,3,15H2,1-2H3/b21-14-. The second kappa shape index (κ2) is 11.4. The number of hydrazone groups is 1. The van der Waals surface area contributed by atoms with Gasteiger partial charge in [0.2, 0.25) is 5.82 Å². The number of rotatable bonds is 7. The van der Waals surface area contributed by atoms with Crippen molar-refractivity contribution < 1.29 is 41.0 Å². The summed E-state index contributed by atoms with van der Waals surface area (Å²) in [6, 6.07) is 17.3. The second-order valence-electron chi connectivity index (χ2n) is 9.18. The van der Waals surface area contributed by atoms with Crippen LogP contribution < -0.4 is 9.75 Å². The Hall–Kier alpha value is -5.06. The van der Waals surface area contributed by atoms with E-state index in [-0.39, 0.29) is 29.5 Å². The number of benzene rings is 4. The summed E-state index contributed by atoms with van der Waals surface area (Å²) in [6.07, 6.45) is 1.40. The molecule has 0 saturated carbocycles. The van der Waals surface area contributed by atoms with E-state index in [1.807, 2.05) is 12.1 Å². The highest BCUT2D eigenvalue weighted by molar-refractivity contribution is 6.32. The summed E-state index contributed by atoms with van der Waals surface area (Å²) in [5, 5.41) is 5.42. The van der Waals surface area contributed by atoms with Gasteiger partial charge in [0.1, 0.15) is 18.0 Å². The summed E-state index contributed by atoms with van der Waals surface area (Å²) >= 11 is 0. The number of ether oxygens (including phenoxy) is 2. The van der Waals surface area contributed by atoms with Crippen LogP contribution in [-0.2, 0) is 16.1 Å². The van der Waals surface area contributed by atoms with Crippen LogP contribution in [0.1, 0.15) is 35.3 Å². The number of carbonyl (C=O) groups is 2. The fourth-order valence-electron chi connectivity index (χ4n) is 4.42. The van der Waals surface area contributed by atoms with E-state index in [1.54, 1.807) is 55.5 Å². The van der Waals surface area contributed by atoms with Gasteiger partial charge < -0.3 is 9.47 Å². The monoisotopic (exact) mass is 580 g/mol. The van der Waals surface area contributed by atoms with E-state index in [2.05, 4.69) is 5.10 Å². The Balaban J connectivity index is 1.51. The minimum Gasteiger partial charge on any atom is -0.488 e. The maximum absolute atomic E-state index is 14.5. The quantitative estimate of drug-likeness (QED) is 0.0769. The highest BCUT2D eigenvalue weighted by Gasteiger charge is 2.37. The molecule has 4 aromatic rings. The van der Waals surface area contributed by atoms with Crippen molar-refractivity contribution in [1.82, 2.24) is 0 Å². The molecular formula is C31H21F5N2O4. The average Bonchev–Trinajstić information content (AvgIpc) is 3.27. The number of hydrogen-bond donors (Lipinski definition) is 0. The average molecular weight is 581 g/mol. The van der Waals surface area contributed by atoms with Gasteiger partial charge in [-0.25, -0.2) is 26.7 Å². The SMILES string of the molecule is CCOC(=O)c1ccc(COc2ccc3ccccc3c2/C=C2\C(=O)N(c3c(F)c(F)c(F)c(F)c3F)N=C2C)cc1. The third kappa shape index (κ3) is 5.09. The lowest BCUT2D eigenvalue weighted by Crippen LogP contribution is -2.25. The Labute approximate surface area is 236 Å². The Morgan fingerprint density at radius 1 is 0.881 bits per heavy atom. The molecule has 0 aromatic heterocycles. The number of esters is 1. The van der Waals surface area contributed by atoms with Crippen LogP contribution in [-0.4, -0.2) is 24.2 Å². The Kier molecular flexibility index (Phi) is 7.75. The first-order valence-corrected chi connectivity index (χ1v) is 12.7. The molecule has 5 rings (SSSR count). The molecule has 0 unspecified atom stereocenters. The van der Waals surface area contributed by atoms with Crippen LogP contribution >= 0.6 is 0 Å². The molecule has 6 nitrogen and oxygen atoms in total. The van der Waals surface area contributed by atoms with Crippen molar-refractivity contribution in [3.63, 3.8) is 0 Å². The van der Waals surface area contributed by atoms with Gasteiger partial charge in [0.25, 0.3) is 5.91 Å². The number of halogens is 5. The molecule has 0 fully saturated rings. The van der Waals surface area contributed by atoms with Crippen LogP contribution in [0.4, 0.5) is 27.6 Å². The third-order valence-electron chi connectivity index (χ3n) is 6.54. The molecular weight excluding hydrogens is 559 g/mol. The normalized spacial score (nSPS) is 14.1. The van der Waals surface area contributed by atoms with E-state index in [1.165, 1.54) is 13.0 Å². The van der Waals surface area contributed by atoms with E-state index >= 15 is 0 Å². The molecule has 214 valence electrons. The maximum atomic E-state index is 14.5. The van der Waals surface area contributed by atoms with Gasteiger partial charge in [-0.05, 0) is 54.5 Å². The minimum atomic E-state index is -2.34. The largest absolute Gasteiger partial charge is 0.488 e. The second-order valence-corrected chi connectivity index (χ2v) is 9.18. The molecule has 1 aliphatic heterocycles. The van der Waals surface area contributed by atoms with Crippen LogP contribution in [0, 0.1) is 29.1 Å². The highest BCUT2D eigenvalue weighted by Crippen LogP contribution is 2.36. The zero-order valence-electron chi connectivity index (χ0n) is 22.2. The zero-order valence-corrected chi connectivity index (χ0v) is 22.2. The predicted octanol–water partition coefficient (Wildman–Crippen LogP) is 7.10. The number of carbonyl (C=O) groups excluding carboxylic acids is 2. The van der Waals surface area contributed by atoms with E-state index < -0.39 is 46.6 Å². The summed E-state index contributed by atoms with van der Waals surface area (Å²) in [5.74, 6) is -12.3. The predicted molar refractivity (Wildman–Crippen MR) is 145 cm³/mol.